The van der Waals surface area contributed by atoms with Crippen LogP contribution in [0.25, 0.3) is 0 Å². The first-order valence-electron chi connectivity index (χ1n) is 6.10. The number of halogens is 1. The summed E-state index contributed by atoms with van der Waals surface area (Å²) in [5.74, 6) is 1.34. The summed E-state index contributed by atoms with van der Waals surface area (Å²) in [7, 11) is 0. The van der Waals surface area contributed by atoms with Crippen LogP contribution in [-0.4, -0.2) is 11.6 Å². The number of pyridine rings is 1. The summed E-state index contributed by atoms with van der Waals surface area (Å²) in [5.41, 5.74) is 7.20. The first-order valence-corrected chi connectivity index (χ1v) is 6.48. The Morgan fingerprint density at radius 2 is 2.16 bits per heavy atom. The van der Waals surface area contributed by atoms with E-state index >= 15 is 0 Å². The number of hydrogen-bond acceptors (Lipinski definition) is 4. The van der Waals surface area contributed by atoms with Crippen LogP contribution in [0.5, 0.6) is 5.75 Å². The van der Waals surface area contributed by atoms with E-state index in [-0.39, 0.29) is 0 Å². The molecule has 0 unspecified atom stereocenters. The van der Waals surface area contributed by atoms with Crippen LogP contribution in [0.1, 0.15) is 13.3 Å². The normalized spacial score (nSPS) is 10.2. The highest BCUT2D eigenvalue weighted by molar-refractivity contribution is 6.30. The lowest BCUT2D eigenvalue weighted by Gasteiger charge is -2.13. The molecule has 19 heavy (non-hydrogen) atoms. The predicted octanol–water partition coefficient (Wildman–Crippen LogP) is 3.85. The molecule has 0 bridgehead atoms. The number of anilines is 3. The van der Waals surface area contributed by atoms with E-state index in [1.807, 2.05) is 24.3 Å². The molecule has 3 N–H and O–H groups in total. The summed E-state index contributed by atoms with van der Waals surface area (Å²) in [6.07, 6.45) is 2.51. The van der Waals surface area contributed by atoms with Crippen molar-refractivity contribution in [2.75, 3.05) is 17.7 Å². The molecular weight excluding hydrogens is 262 g/mol. The summed E-state index contributed by atoms with van der Waals surface area (Å²) < 4.78 is 5.66. The van der Waals surface area contributed by atoms with E-state index in [9.17, 15) is 0 Å². The second-order valence-corrected chi connectivity index (χ2v) is 4.50. The topological polar surface area (TPSA) is 60.2 Å². The number of para-hydroxylation sites is 2. The van der Waals surface area contributed by atoms with Crippen molar-refractivity contribution in [2.24, 2.45) is 0 Å². The Hall–Kier alpha value is -1.94. The Morgan fingerprint density at radius 3 is 2.89 bits per heavy atom. The fourth-order valence-electron chi connectivity index (χ4n) is 1.59. The molecule has 100 valence electrons. The highest BCUT2D eigenvalue weighted by Crippen LogP contribution is 2.29. The van der Waals surface area contributed by atoms with E-state index in [0.29, 0.717) is 23.1 Å². The van der Waals surface area contributed by atoms with Crippen molar-refractivity contribution in [2.45, 2.75) is 13.3 Å². The maximum atomic E-state index is 5.87. The third kappa shape index (κ3) is 3.51. The highest BCUT2D eigenvalue weighted by atomic mass is 35.5. The van der Waals surface area contributed by atoms with Gasteiger partial charge in [-0.3, -0.25) is 0 Å². The van der Waals surface area contributed by atoms with Crippen LogP contribution < -0.4 is 15.8 Å². The van der Waals surface area contributed by atoms with Gasteiger partial charge in [0.15, 0.2) is 5.82 Å². The highest BCUT2D eigenvalue weighted by Gasteiger charge is 2.06. The molecule has 1 aromatic carbocycles. The van der Waals surface area contributed by atoms with Crippen LogP contribution in [0.4, 0.5) is 17.2 Å². The molecule has 0 radical (unpaired) electrons. The number of nitrogens with two attached hydrogens (primary N) is 1. The van der Waals surface area contributed by atoms with E-state index in [1.54, 1.807) is 12.3 Å². The van der Waals surface area contributed by atoms with Crippen molar-refractivity contribution in [3.63, 3.8) is 0 Å². The van der Waals surface area contributed by atoms with Crippen LogP contribution in [0.15, 0.2) is 36.5 Å². The minimum Gasteiger partial charge on any atom is -0.491 e. The summed E-state index contributed by atoms with van der Waals surface area (Å²) in [6.45, 7) is 2.73. The van der Waals surface area contributed by atoms with Crippen molar-refractivity contribution >= 4 is 28.8 Å². The van der Waals surface area contributed by atoms with Gasteiger partial charge in [-0.15, -0.1) is 0 Å². The SMILES string of the molecule is CCCOc1ccccc1Nc1ncc(Cl)cc1N. The van der Waals surface area contributed by atoms with Gasteiger partial charge in [0.1, 0.15) is 5.75 Å². The van der Waals surface area contributed by atoms with Gasteiger partial charge in [-0.25, -0.2) is 4.98 Å². The Balaban J connectivity index is 2.22. The molecule has 1 aromatic heterocycles. The average Bonchev–Trinajstić information content (AvgIpc) is 2.41. The molecular formula is C14H16ClN3O. The second-order valence-electron chi connectivity index (χ2n) is 4.06. The van der Waals surface area contributed by atoms with Crippen LogP contribution in [0.3, 0.4) is 0 Å². The molecule has 2 rings (SSSR count). The molecule has 0 aliphatic heterocycles. The first-order chi connectivity index (χ1) is 9.20. The third-order valence-corrected chi connectivity index (χ3v) is 2.69. The van der Waals surface area contributed by atoms with Crippen LogP contribution in [0, 0.1) is 0 Å². The molecule has 4 nitrogen and oxygen atoms in total. The van der Waals surface area contributed by atoms with Crippen LogP contribution >= 0.6 is 11.6 Å². The lowest BCUT2D eigenvalue weighted by Crippen LogP contribution is -2.02. The third-order valence-electron chi connectivity index (χ3n) is 2.49. The standard InChI is InChI=1S/C14H16ClN3O/c1-2-7-19-13-6-4-3-5-12(13)18-14-11(16)8-10(15)9-17-14/h3-6,8-9H,2,7,16H2,1H3,(H,17,18). The molecule has 5 heteroatoms. The molecule has 0 saturated carbocycles. The number of nitrogen functional groups attached to an aromatic ring is 1. The number of benzene rings is 1. The van der Waals surface area contributed by atoms with Gasteiger partial charge >= 0.3 is 0 Å². The number of hydrogen-bond donors (Lipinski definition) is 2. The summed E-state index contributed by atoms with van der Waals surface area (Å²) >= 11 is 5.82. The fourth-order valence-corrected chi connectivity index (χ4v) is 1.76. The zero-order valence-corrected chi connectivity index (χ0v) is 11.4. The fraction of sp³-hybridized carbons (Fsp3) is 0.214. The van der Waals surface area contributed by atoms with Crippen molar-refractivity contribution in [3.05, 3.63) is 41.6 Å². The van der Waals surface area contributed by atoms with E-state index in [4.69, 9.17) is 22.1 Å². The van der Waals surface area contributed by atoms with Gasteiger partial charge in [0.25, 0.3) is 0 Å². The summed E-state index contributed by atoms with van der Waals surface area (Å²) in [5, 5.41) is 3.67. The number of rotatable bonds is 5. The van der Waals surface area contributed by atoms with Gasteiger partial charge in [-0.1, -0.05) is 30.7 Å². The number of nitrogens with zero attached hydrogens (tertiary/aromatic N) is 1. The van der Waals surface area contributed by atoms with E-state index in [0.717, 1.165) is 17.9 Å². The van der Waals surface area contributed by atoms with E-state index in [1.165, 1.54) is 0 Å². The molecule has 0 fully saturated rings. The Labute approximate surface area is 117 Å². The van der Waals surface area contributed by atoms with Gasteiger partial charge in [0, 0.05) is 6.20 Å². The zero-order valence-electron chi connectivity index (χ0n) is 10.7. The monoisotopic (exact) mass is 277 g/mol. The molecule has 0 amide bonds. The Bertz CT molecular complexity index is 560. The van der Waals surface area contributed by atoms with Crippen molar-refractivity contribution < 1.29 is 4.74 Å². The molecule has 2 aromatic rings. The minimum atomic E-state index is 0.498. The number of ether oxygens (including phenoxy) is 1. The Morgan fingerprint density at radius 1 is 1.37 bits per heavy atom. The molecule has 0 aliphatic rings. The largest absolute Gasteiger partial charge is 0.491 e. The molecule has 0 atom stereocenters. The molecule has 0 saturated heterocycles. The van der Waals surface area contributed by atoms with Gasteiger partial charge < -0.3 is 15.8 Å². The molecule has 1 heterocycles. The Kier molecular flexibility index (Phi) is 4.47. The van der Waals surface area contributed by atoms with Gasteiger partial charge in [0.05, 0.1) is 23.0 Å². The lowest BCUT2D eigenvalue weighted by atomic mass is 10.3. The van der Waals surface area contributed by atoms with E-state index in [2.05, 4.69) is 17.2 Å². The minimum absolute atomic E-state index is 0.498. The van der Waals surface area contributed by atoms with Crippen molar-refractivity contribution in [1.29, 1.82) is 0 Å². The number of nitrogens with one attached hydrogen (secondary N) is 1. The summed E-state index contributed by atoms with van der Waals surface area (Å²) in [6, 6.07) is 9.33. The van der Waals surface area contributed by atoms with Crippen molar-refractivity contribution in [1.82, 2.24) is 4.98 Å². The lowest BCUT2D eigenvalue weighted by molar-refractivity contribution is 0.319. The zero-order chi connectivity index (χ0) is 13.7. The second kappa shape index (κ2) is 6.29. The predicted molar refractivity (Wildman–Crippen MR) is 79.2 cm³/mol. The van der Waals surface area contributed by atoms with Gasteiger partial charge in [0.2, 0.25) is 0 Å². The van der Waals surface area contributed by atoms with Gasteiger partial charge in [-0.05, 0) is 24.6 Å². The first kappa shape index (κ1) is 13.5. The maximum absolute atomic E-state index is 5.87. The van der Waals surface area contributed by atoms with Crippen LogP contribution in [-0.2, 0) is 0 Å². The summed E-state index contributed by atoms with van der Waals surface area (Å²) in [4.78, 5) is 4.17. The molecule has 0 spiro atoms. The maximum Gasteiger partial charge on any atom is 0.153 e. The quantitative estimate of drug-likeness (QED) is 0.871. The smallest absolute Gasteiger partial charge is 0.153 e. The average molecular weight is 278 g/mol. The van der Waals surface area contributed by atoms with Gasteiger partial charge in [-0.2, -0.15) is 0 Å². The number of aromatic nitrogens is 1. The van der Waals surface area contributed by atoms with Crippen molar-refractivity contribution in [3.8, 4) is 5.75 Å². The molecule has 0 aliphatic carbocycles. The van der Waals surface area contributed by atoms with E-state index < -0.39 is 0 Å². The van der Waals surface area contributed by atoms with Crippen LogP contribution in [0.2, 0.25) is 5.02 Å².